The van der Waals surface area contributed by atoms with Crippen molar-refractivity contribution in [1.29, 1.82) is 10.5 Å². The number of hydrazone groups is 1. The first-order valence-electron chi connectivity index (χ1n) is 11.1. The monoisotopic (exact) mass is 479 g/mol. The number of carbonyl (C=O) groups excluding carboxylic acids is 1. The van der Waals surface area contributed by atoms with Gasteiger partial charge in [0.25, 0.3) is 0 Å². The molecule has 1 aliphatic rings. The summed E-state index contributed by atoms with van der Waals surface area (Å²) in [6.07, 6.45) is -0.775. The molecule has 1 aliphatic carbocycles. The number of ether oxygens (including phenoxy) is 1. The minimum atomic E-state index is -1.19. The summed E-state index contributed by atoms with van der Waals surface area (Å²) in [5.41, 5.74) is 7.75. The van der Waals surface area contributed by atoms with Gasteiger partial charge in [0, 0.05) is 12.3 Å². The van der Waals surface area contributed by atoms with Gasteiger partial charge in [0.05, 0.1) is 5.69 Å². The molecule has 0 spiro atoms. The maximum atomic E-state index is 12.5. The smallest absolute Gasteiger partial charge is 0.407 e. The van der Waals surface area contributed by atoms with Gasteiger partial charge in [0.1, 0.15) is 24.8 Å². The number of nitrogens with zero attached hydrogens (tertiary/aromatic N) is 3. The number of hydrogen-bond acceptors (Lipinski definition) is 7. The quantitative estimate of drug-likeness (QED) is 0.326. The predicted octanol–water partition coefficient (Wildman–Crippen LogP) is 4.04. The average molecular weight is 479 g/mol. The summed E-state index contributed by atoms with van der Waals surface area (Å²) in [7, 11) is 0. The molecular weight excluding hydrogens is 458 g/mol. The fourth-order valence-corrected chi connectivity index (χ4v) is 4.13. The number of carboxylic acids is 1. The number of fused-ring (bicyclic) bond motifs is 3. The highest BCUT2D eigenvalue weighted by atomic mass is 16.5. The van der Waals surface area contributed by atoms with Gasteiger partial charge in [-0.25, -0.2) is 9.59 Å². The van der Waals surface area contributed by atoms with Crippen LogP contribution in [0.25, 0.3) is 11.1 Å². The predicted molar refractivity (Wildman–Crippen MR) is 132 cm³/mol. The number of hydrogen-bond donors (Lipinski definition) is 3. The number of benzene rings is 3. The lowest BCUT2D eigenvalue weighted by molar-refractivity contribution is -0.139. The molecule has 1 amide bonds. The number of amides is 1. The second kappa shape index (κ2) is 10.9. The molecule has 0 heterocycles. The number of aliphatic carboxylic acids is 1. The van der Waals surface area contributed by atoms with Crippen molar-refractivity contribution in [3.05, 3.63) is 89.5 Å². The Morgan fingerprint density at radius 3 is 2.08 bits per heavy atom. The molecule has 0 saturated heterocycles. The molecule has 0 fully saturated rings. The summed E-state index contributed by atoms with van der Waals surface area (Å²) >= 11 is 0. The number of carbonyl (C=O) groups is 2. The van der Waals surface area contributed by atoms with Crippen molar-refractivity contribution in [1.82, 2.24) is 5.32 Å². The zero-order chi connectivity index (χ0) is 25.5. The second-order valence-corrected chi connectivity index (χ2v) is 8.06. The summed E-state index contributed by atoms with van der Waals surface area (Å²) in [6, 6.07) is 24.5. The number of carboxylic acid groups (broad SMARTS) is 1. The van der Waals surface area contributed by atoms with Crippen LogP contribution in [-0.2, 0) is 16.0 Å². The lowest BCUT2D eigenvalue weighted by atomic mass is 9.98. The summed E-state index contributed by atoms with van der Waals surface area (Å²) in [5.74, 6) is -1.32. The van der Waals surface area contributed by atoms with E-state index in [0.717, 1.165) is 22.3 Å². The van der Waals surface area contributed by atoms with Gasteiger partial charge in [-0.2, -0.15) is 15.6 Å². The topological polar surface area (TPSA) is 148 Å². The lowest BCUT2D eigenvalue weighted by Gasteiger charge is -2.17. The number of nitriles is 2. The standard InChI is InChI=1S/C27H21N5O4/c28-14-19(15-29)32-31-18-11-9-17(10-12-18)13-25(26(33)34)30-27(35)36-16-24-22-7-3-1-5-20(22)21-6-2-4-8-23(21)24/h1-12,24-25,31H,13,16H2,(H,30,35)(H,33,34). The van der Waals surface area contributed by atoms with Crippen LogP contribution in [0.2, 0.25) is 0 Å². The molecule has 4 rings (SSSR count). The van der Waals surface area contributed by atoms with Gasteiger partial charge in [0.2, 0.25) is 5.71 Å². The zero-order valence-electron chi connectivity index (χ0n) is 19.0. The molecule has 0 aromatic heterocycles. The number of nitrogens with one attached hydrogen (secondary N) is 2. The highest BCUT2D eigenvalue weighted by molar-refractivity contribution is 6.10. The molecule has 9 heteroatoms. The minimum absolute atomic E-state index is 0.0325. The maximum Gasteiger partial charge on any atom is 0.407 e. The van der Waals surface area contributed by atoms with E-state index < -0.39 is 18.1 Å². The van der Waals surface area contributed by atoms with E-state index in [-0.39, 0.29) is 24.7 Å². The highest BCUT2D eigenvalue weighted by Crippen LogP contribution is 2.44. The Kier molecular flexibility index (Phi) is 7.23. The third kappa shape index (κ3) is 5.32. The van der Waals surface area contributed by atoms with Crippen molar-refractivity contribution >= 4 is 23.5 Å². The zero-order valence-corrected chi connectivity index (χ0v) is 19.0. The van der Waals surface area contributed by atoms with Crippen LogP contribution in [0.15, 0.2) is 77.9 Å². The van der Waals surface area contributed by atoms with Crippen LogP contribution in [-0.4, -0.2) is 35.5 Å². The molecular formula is C27H21N5O4. The summed E-state index contributed by atoms with van der Waals surface area (Å²) in [5, 5.41) is 33.1. The number of rotatable bonds is 8. The second-order valence-electron chi connectivity index (χ2n) is 8.06. The van der Waals surface area contributed by atoms with Crippen molar-refractivity contribution in [2.45, 2.75) is 18.4 Å². The molecule has 178 valence electrons. The fraction of sp³-hybridized carbons (Fsp3) is 0.148. The van der Waals surface area contributed by atoms with Crippen LogP contribution in [0.4, 0.5) is 10.5 Å². The van der Waals surface area contributed by atoms with Gasteiger partial charge >= 0.3 is 12.1 Å². The van der Waals surface area contributed by atoms with E-state index in [4.69, 9.17) is 15.3 Å². The largest absolute Gasteiger partial charge is 0.480 e. The van der Waals surface area contributed by atoms with Gasteiger partial charge in [0.15, 0.2) is 0 Å². The molecule has 3 N–H and O–H groups in total. The van der Waals surface area contributed by atoms with Gasteiger partial charge in [-0.1, -0.05) is 60.7 Å². The van der Waals surface area contributed by atoms with Gasteiger partial charge in [-0.15, -0.1) is 0 Å². The number of alkyl carbamates (subject to hydrolysis) is 1. The maximum absolute atomic E-state index is 12.5. The average Bonchev–Trinajstić information content (AvgIpc) is 3.22. The third-order valence-electron chi connectivity index (χ3n) is 5.84. The van der Waals surface area contributed by atoms with Crippen LogP contribution in [0.5, 0.6) is 0 Å². The first kappa shape index (κ1) is 24.0. The fourth-order valence-electron chi connectivity index (χ4n) is 4.13. The molecule has 0 radical (unpaired) electrons. The van der Waals surface area contributed by atoms with Crippen LogP contribution >= 0.6 is 0 Å². The van der Waals surface area contributed by atoms with Gasteiger partial charge < -0.3 is 15.2 Å². The Morgan fingerprint density at radius 2 is 1.53 bits per heavy atom. The Hall–Kier alpha value is -5.15. The van der Waals surface area contributed by atoms with Crippen LogP contribution in [0.3, 0.4) is 0 Å². The van der Waals surface area contributed by atoms with E-state index in [0.29, 0.717) is 11.3 Å². The van der Waals surface area contributed by atoms with Gasteiger partial charge in [-0.05, 0) is 39.9 Å². The molecule has 1 unspecified atom stereocenters. The Bertz CT molecular complexity index is 1340. The Morgan fingerprint density at radius 1 is 0.944 bits per heavy atom. The van der Waals surface area contributed by atoms with E-state index >= 15 is 0 Å². The highest BCUT2D eigenvalue weighted by Gasteiger charge is 2.29. The molecule has 36 heavy (non-hydrogen) atoms. The lowest BCUT2D eigenvalue weighted by Crippen LogP contribution is -2.42. The van der Waals surface area contributed by atoms with Gasteiger partial charge in [-0.3, -0.25) is 5.43 Å². The van der Waals surface area contributed by atoms with Crippen molar-refractivity contribution in [3.8, 4) is 23.3 Å². The summed E-state index contributed by atoms with van der Waals surface area (Å²) in [6.45, 7) is 0.0838. The summed E-state index contributed by atoms with van der Waals surface area (Å²) in [4.78, 5) is 24.3. The molecule has 1 atom stereocenters. The van der Waals surface area contributed by atoms with E-state index in [1.165, 1.54) is 0 Å². The third-order valence-corrected chi connectivity index (χ3v) is 5.84. The van der Waals surface area contributed by atoms with Crippen LogP contribution < -0.4 is 10.7 Å². The molecule has 0 bridgehead atoms. The van der Waals surface area contributed by atoms with Crippen molar-refractivity contribution < 1.29 is 19.4 Å². The molecule has 9 nitrogen and oxygen atoms in total. The van der Waals surface area contributed by atoms with E-state index in [1.54, 1.807) is 36.4 Å². The van der Waals surface area contributed by atoms with Crippen LogP contribution in [0.1, 0.15) is 22.6 Å². The summed E-state index contributed by atoms with van der Waals surface area (Å²) < 4.78 is 5.46. The van der Waals surface area contributed by atoms with E-state index in [9.17, 15) is 14.7 Å². The SMILES string of the molecule is N#CC(C#N)=NNc1ccc(CC(NC(=O)OCC2c3ccccc3-c3ccccc32)C(=O)O)cc1. The number of anilines is 1. The van der Waals surface area contributed by atoms with Crippen LogP contribution in [0, 0.1) is 22.7 Å². The minimum Gasteiger partial charge on any atom is -0.480 e. The molecule has 3 aromatic carbocycles. The molecule has 3 aromatic rings. The normalized spacial score (nSPS) is 12.2. The first-order valence-corrected chi connectivity index (χ1v) is 11.1. The Balaban J connectivity index is 1.37. The molecule has 0 saturated carbocycles. The van der Waals surface area contributed by atoms with Crippen molar-refractivity contribution in [3.63, 3.8) is 0 Å². The van der Waals surface area contributed by atoms with E-state index in [1.807, 2.05) is 48.5 Å². The molecule has 0 aliphatic heterocycles. The van der Waals surface area contributed by atoms with E-state index in [2.05, 4.69) is 15.8 Å². The van der Waals surface area contributed by atoms with Crippen molar-refractivity contribution in [2.75, 3.05) is 12.0 Å². The first-order chi connectivity index (χ1) is 17.5. The van der Waals surface area contributed by atoms with Crippen molar-refractivity contribution in [2.24, 2.45) is 5.10 Å². The Labute approximate surface area is 207 Å².